The summed E-state index contributed by atoms with van der Waals surface area (Å²) in [6, 6.07) is -0.384. The van der Waals surface area contributed by atoms with Crippen LogP contribution in [0.25, 0.3) is 0 Å². The highest BCUT2D eigenvalue weighted by molar-refractivity contribution is 5.83. The number of nitrogens with two attached hydrogens (primary N) is 1. The zero-order valence-electron chi connectivity index (χ0n) is 12.3. The van der Waals surface area contributed by atoms with Crippen molar-refractivity contribution < 1.29 is 22.7 Å². The van der Waals surface area contributed by atoms with Crippen LogP contribution in [0.4, 0.5) is 13.2 Å². The summed E-state index contributed by atoms with van der Waals surface area (Å²) >= 11 is 0. The Morgan fingerprint density at radius 1 is 1.38 bits per heavy atom. The highest BCUT2D eigenvalue weighted by Crippen LogP contribution is 2.39. The van der Waals surface area contributed by atoms with Gasteiger partial charge in [-0.25, -0.2) is 0 Å². The van der Waals surface area contributed by atoms with Gasteiger partial charge in [0.15, 0.2) is 0 Å². The molecule has 0 radical (unpaired) electrons. The van der Waals surface area contributed by atoms with Crippen LogP contribution in [0.1, 0.15) is 32.6 Å². The normalized spacial score (nSPS) is 23.7. The number of hydrogen-bond acceptors (Lipinski definition) is 3. The molecule has 21 heavy (non-hydrogen) atoms. The van der Waals surface area contributed by atoms with Crippen molar-refractivity contribution in [3.05, 3.63) is 0 Å². The van der Waals surface area contributed by atoms with Crippen LogP contribution in [0.5, 0.6) is 0 Å². The second-order valence-electron chi connectivity index (χ2n) is 6.22. The topological polar surface area (TPSA) is 55.6 Å². The SMILES string of the molecule is CC(C1CC1)N(CC(F)(F)F)C(=O)C1(CN)CCOCC1. The minimum absolute atomic E-state index is 0.0704. The molecule has 1 unspecified atom stereocenters. The van der Waals surface area contributed by atoms with Crippen LogP contribution < -0.4 is 5.73 Å². The number of carbonyl (C=O) groups is 1. The molecule has 0 aromatic heterocycles. The summed E-state index contributed by atoms with van der Waals surface area (Å²) in [5.41, 5.74) is 4.85. The predicted molar refractivity (Wildman–Crippen MR) is 71.5 cm³/mol. The lowest BCUT2D eigenvalue weighted by Gasteiger charge is -2.41. The lowest BCUT2D eigenvalue weighted by atomic mass is 9.78. The van der Waals surface area contributed by atoms with Crippen LogP contribution in [0.15, 0.2) is 0 Å². The fourth-order valence-electron chi connectivity index (χ4n) is 3.00. The molecule has 1 saturated heterocycles. The van der Waals surface area contributed by atoms with Crippen LogP contribution in [0.3, 0.4) is 0 Å². The summed E-state index contributed by atoms with van der Waals surface area (Å²) in [4.78, 5) is 13.8. The zero-order chi connectivity index (χ0) is 15.7. The summed E-state index contributed by atoms with van der Waals surface area (Å²) in [5, 5.41) is 0. The van der Waals surface area contributed by atoms with E-state index in [2.05, 4.69) is 0 Å². The average Bonchev–Trinajstić information content (AvgIpc) is 3.27. The van der Waals surface area contributed by atoms with Crippen LogP contribution in [-0.4, -0.2) is 49.3 Å². The van der Waals surface area contributed by atoms with Crippen molar-refractivity contribution in [3.63, 3.8) is 0 Å². The molecule has 7 heteroatoms. The number of nitrogens with zero attached hydrogens (tertiary/aromatic N) is 1. The predicted octanol–water partition coefficient (Wildman–Crippen LogP) is 1.93. The molecule has 1 aliphatic heterocycles. The van der Waals surface area contributed by atoms with Gasteiger partial charge in [0.2, 0.25) is 5.91 Å². The minimum Gasteiger partial charge on any atom is -0.381 e. The highest BCUT2D eigenvalue weighted by atomic mass is 19.4. The molecule has 0 spiro atoms. The Morgan fingerprint density at radius 2 is 1.95 bits per heavy atom. The third-order valence-electron chi connectivity index (χ3n) is 4.70. The smallest absolute Gasteiger partial charge is 0.381 e. The van der Waals surface area contributed by atoms with Gasteiger partial charge in [0.1, 0.15) is 6.54 Å². The van der Waals surface area contributed by atoms with Crippen molar-refractivity contribution in [2.75, 3.05) is 26.3 Å². The van der Waals surface area contributed by atoms with Gasteiger partial charge in [-0.15, -0.1) is 0 Å². The minimum atomic E-state index is -4.39. The quantitative estimate of drug-likeness (QED) is 0.844. The van der Waals surface area contributed by atoms with E-state index in [9.17, 15) is 18.0 Å². The summed E-state index contributed by atoms with van der Waals surface area (Å²) in [6.45, 7) is 1.35. The van der Waals surface area contributed by atoms with Gasteiger partial charge < -0.3 is 15.4 Å². The Bertz CT molecular complexity index is 377. The van der Waals surface area contributed by atoms with E-state index in [1.165, 1.54) is 0 Å². The van der Waals surface area contributed by atoms with E-state index in [0.29, 0.717) is 26.1 Å². The molecule has 1 aliphatic carbocycles. The van der Waals surface area contributed by atoms with Crippen LogP contribution in [0.2, 0.25) is 0 Å². The zero-order valence-corrected chi connectivity index (χ0v) is 12.3. The van der Waals surface area contributed by atoms with E-state index in [4.69, 9.17) is 10.5 Å². The van der Waals surface area contributed by atoms with Gasteiger partial charge >= 0.3 is 6.18 Å². The van der Waals surface area contributed by atoms with Crippen LogP contribution in [-0.2, 0) is 9.53 Å². The Balaban J connectivity index is 2.19. The maximum atomic E-state index is 12.9. The Labute approximate surface area is 122 Å². The van der Waals surface area contributed by atoms with Gasteiger partial charge in [-0.3, -0.25) is 4.79 Å². The molecule has 2 rings (SSSR count). The second kappa shape index (κ2) is 6.12. The van der Waals surface area contributed by atoms with Gasteiger partial charge in [-0.05, 0) is 38.5 Å². The summed E-state index contributed by atoms with van der Waals surface area (Å²) in [7, 11) is 0. The van der Waals surface area contributed by atoms with Crippen molar-refractivity contribution in [3.8, 4) is 0 Å². The summed E-state index contributed by atoms with van der Waals surface area (Å²) < 4.78 is 43.8. The first-order valence-corrected chi connectivity index (χ1v) is 7.45. The molecule has 1 heterocycles. The molecule has 2 N–H and O–H groups in total. The van der Waals surface area contributed by atoms with E-state index in [-0.39, 0.29) is 18.5 Å². The number of rotatable bonds is 5. The number of hydrogen-bond donors (Lipinski definition) is 1. The van der Waals surface area contributed by atoms with E-state index in [0.717, 1.165) is 17.7 Å². The molecule has 1 saturated carbocycles. The van der Waals surface area contributed by atoms with Gasteiger partial charge in [0.25, 0.3) is 0 Å². The molecule has 1 amide bonds. The summed E-state index contributed by atoms with van der Waals surface area (Å²) in [6.07, 6.45) is -1.81. The van der Waals surface area contributed by atoms with Crippen molar-refractivity contribution in [2.24, 2.45) is 17.1 Å². The molecular weight excluding hydrogens is 285 g/mol. The third kappa shape index (κ3) is 3.88. The standard InChI is InChI=1S/C14H23F3N2O2/c1-10(11-2-3-11)19(9-14(15,16)17)12(20)13(8-18)4-6-21-7-5-13/h10-11H,2-9,18H2,1H3. The molecular formula is C14H23F3N2O2. The number of ether oxygens (including phenoxy) is 1. The molecule has 122 valence electrons. The molecule has 0 bridgehead atoms. The molecule has 1 atom stereocenters. The van der Waals surface area contributed by atoms with E-state index in [1.54, 1.807) is 6.92 Å². The fraction of sp³-hybridized carbons (Fsp3) is 0.929. The van der Waals surface area contributed by atoms with Gasteiger partial charge in [0, 0.05) is 25.8 Å². The van der Waals surface area contributed by atoms with E-state index < -0.39 is 24.0 Å². The molecule has 2 aliphatic rings. The van der Waals surface area contributed by atoms with Gasteiger partial charge in [0.05, 0.1) is 5.41 Å². The first kappa shape index (κ1) is 16.5. The third-order valence-corrected chi connectivity index (χ3v) is 4.70. The molecule has 2 fully saturated rings. The number of halogens is 3. The van der Waals surface area contributed by atoms with E-state index in [1.807, 2.05) is 0 Å². The van der Waals surface area contributed by atoms with Gasteiger partial charge in [-0.2, -0.15) is 13.2 Å². The number of carbonyl (C=O) groups excluding carboxylic acids is 1. The Kier molecular flexibility index (Phi) is 4.82. The maximum Gasteiger partial charge on any atom is 0.406 e. The van der Waals surface area contributed by atoms with Crippen LogP contribution >= 0.6 is 0 Å². The number of amides is 1. The first-order chi connectivity index (χ1) is 9.79. The maximum absolute atomic E-state index is 12.9. The fourth-order valence-corrected chi connectivity index (χ4v) is 3.00. The Hall–Kier alpha value is -0.820. The van der Waals surface area contributed by atoms with Crippen molar-refractivity contribution in [1.82, 2.24) is 4.90 Å². The van der Waals surface area contributed by atoms with E-state index >= 15 is 0 Å². The highest BCUT2D eigenvalue weighted by Gasteiger charge is 2.47. The monoisotopic (exact) mass is 308 g/mol. The average molecular weight is 308 g/mol. The lowest BCUT2D eigenvalue weighted by Crippen LogP contribution is -2.55. The number of alkyl halides is 3. The van der Waals surface area contributed by atoms with Crippen molar-refractivity contribution in [1.29, 1.82) is 0 Å². The lowest BCUT2D eigenvalue weighted by molar-refractivity contribution is -0.175. The largest absolute Gasteiger partial charge is 0.406 e. The molecule has 0 aromatic carbocycles. The first-order valence-electron chi connectivity index (χ1n) is 7.45. The van der Waals surface area contributed by atoms with Gasteiger partial charge in [-0.1, -0.05) is 0 Å². The molecule has 0 aromatic rings. The van der Waals surface area contributed by atoms with Crippen molar-refractivity contribution in [2.45, 2.75) is 44.8 Å². The summed E-state index contributed by atoms with van der Waals surface area (Å²) in [5.74, 6) is -0.268. The Morgan fingerprint density at radius 3 is 2.38 bits per heavy atom. The molecule has 4 nitrogen and oxygen atoms in total. The van der Waals surface area contributed by atoms with Crippen molar-refractivity contribution >= 4 is 5.91 Å². The second-order valence-corrected chi connectivity index (χ2v) is 6.22. The van der Waals surface area contributed by atoms with Crippen LogP contribution in [0, 0.1) is 11.3 Å².